The zero-order valence-corrected chi connectivity index (χ0v) is 11.7. The highest BCUT2D eigenvalue weighted by Crippen LogP contribution is 2.41. The van der Waals surface area contributed by atoms with Crippen molar-refractivity contribution in [2.24, 2.45) is 10.8 Å². The summed E-state index contributed by atoms with van der Waals surface area (Å²) < 4.78 is 43.6. The van der Waals surface area contributed by atoms with Gasteiger partial charge in [0, 0.05) is 0 Å². The third-order valence-electron chi connectivity index (χ3n) is 3.28. The van der Waals surface area contributed by atoms with Gasteiger partial charge in [0.25, 0.3) is 0 Å². The third-order valence-corrected chi connectivity index (χ3v) is 3.28. The molecule has 0 spiro atoms. The summed E-state index contributed by atoms with van der Waals surface area (Å²) in [6.45, 7) is 10.8. The first-order valence-corrected chi connectivity index (χ1v) is 6.09. The van der Waals surface area contributed by atoms with E-state index in [0.717, 1.165) is 6.42 Å². The molecule has 0 fully saturated rings. The molecule has 0 radical (unpaired) electrons. The van der Waals surface area contributed by atoms with Gasteiger partial charge >= 0.3 is 6.18 Å². The summed E-state index contributed by atoms with van der Waals surface area (Å²) in [5.74, 6) is 0. The Morgan fingerprint density at radius 1 is 1.06 bits per heavy atom. The zero-order valence-electron chi connectivity index (χ0n) is 11.7. The van der Waals surface area contributed by atoms with Crippen LogP contribution < -0.4 is 0 Å². The quantitative estimate of drug-likeness (QED) is 0.661. The van der Waals surface area contributed by atoms with Gasteiger partial charge in [-0.05, 0) is 25.2 Å². The first-order valence-electron chi connectivity index (χ1n) is 6.09. The molecule has 1 atom stereocenters. The van der Waals surface area contributed by atoms with Gasteiger partial charge in [0.05, 0.1) is 18.1 Å². The van der Waals surface area contributed by atoms with Crippen LogP contribution in [0.2, 0.25) is 0 Å². The monoisotopic (exact) mass is 254 g/mol. The molecule has 0 saturated carbocycles. The normalized spacial score (nSPS) is 16.1. The van der Waals surface area contributed by atoms with Gasteiger partial charge in [-0.1, -0.05) is 34.6 Å². The SMILES string of the molecule is CCC(C)(C)COC(C)CC(C)(C)C(F)(F)F. The number of hydrogen-bond donors (Lipinski definition) is 0. The van der Waals surface area contributed by atoms with Gasteiger partial charge in [-0.25, -0.2) is 0 Å². The highest BCUT2D eigenvalue weighted by Gasteiger charge is 2.47. The lowest BCUT2D eigenvalue weighted by Gasteiger charge is -2.32. The van der Waals surface area contributed by atoms with E-state index in [0.29, 0.717) is 6.61 Å². The van der Waals surface area contributed by atoms with Crippen molar-refractivity contribution in [2.75, 3.05) is 6.61 Å². The maximum Gasteiger partial charge on any atom is 0.394 e. The molecule has 0 amide bonds. The molecule has 1 nitrogen and oxygen atoms in total. The molecule has 4 heteroatoms. The molecular weight excluding hydrogens is 229 g/mol. The van der Waals surface area contributed by atoms with Crippen molar-refractivity contribution < 1.29 is 17.9 Å². The number of ether oxygens (including phenoxy) is 1. The van der Waals surface area contributed by atoms with Crippen molar-refractivity contribution >= 4 is 0 Å². The van der Waals surface area contributed by atoms with E-state index >= 15 is 0 Å². The maximum atomic E-state index is 12.7. The van der Waals surface area contributed by atoms with Gasteiger partial charge in [0.15, 0.2) is 0 Å². The molecule has 104 valence electrons. The van der Waals surface area contributed by atoms with Crippen LogP contribution in [0.3, 0.4) is 0 Å². The summed E-state index contributed by atoms with van der Waals surface area (Å²) in [6, 6.07) is 0. The summed E-state index contributed by atoms with van der Waals surface area (Å²) in [7, 11) is 0. The minimum Gasteiger partial charge on any atom is -0.378 e. The molecule has 0 saturated heterocycles. The first kappa shape index (κ1) is 16.8. The van der Waals surface area contributed by atoms with E-state index in [2.05, 4.69) is 13.8 Å². The lowest BCUT2D eigenvalue weighted by Crippen LogP contribution is -2.36. The standard InChI is InChI=1S/C13H25F3O/c1-7-11(3,4)9-17-10(2)8-12(5,6)13(14,15)16/h10H,7-9H2,1-6H3. The number of halogens is 3. The number of alkyl halides is 3. The van der Waals surface area contributed by atoms with Crippen molar-refractivity contribution in [3.63, 3.8) is 0 Å². The fourth-order valence-corrected chi connectivity index (χ4v) is 1.36. The smallest absolute Gasteiger partial charge is 0.378 e. The topological polar surface area (TPSA) is 9.23 Å². The van der Waals surface area contributed by atoms with Gasteiger partial charge in [-0.2, -0.15) is 13.2 Å². The summed E-state index contributed by atoms with van der Waals surface area (Å²) in [6.07, 6.45) is -3.61. The predicted molar refractivity (Wildman–Crippen MR) is 63.9 cm³/mol. The summed E-state index contributed by atoms with van der Waals surface area (Å²) in [4.78, 5) is 0. The largest absolute Gasteiger partial charge is 0.394 e. The lowest BCUT2D eigenvalue weighted by atomic mass is 9.86. The first-order chi connectivity index (χ1) is 7.41. The molecule has 0 aromatic rings. The number of rotatable bonds is 6. The second-order valence-electron chi connectivity index (χ2n) is 6.23. The molecule has 1 unspecified atom stereocenters. The summed E-state index contributed by atoms with van der Waals surface area (Å²) in [5.41, 5.74) is -1.67. The van der Waals surface area contributed by atoms with E-state index in [4.69, 9.17) is 4.74 Å². The van der Waals surface area contributed by atoms with E-state index in [-0.39, 0.29) is 17.9 Å². The molecule has 0 aliphatic rings. The Balaban J connectivity index is 4.24. The molecular formula is C13H25F3O. The Hall–Kier alpha value is -0.250. The summed E-state index contributed by atoms with van der Waals surface area (Å²) >= 11 is 0. The van der Waals surface area contributed by atoms with Crippen LogP contribution in [0.4, 0.5) is 13.2 Å². The van der Waals surface area contributed by atoms with E-state index in [1.807, 2.05) is 6.92 Å². The Morgan fingerprint density at radius 2 is 1.53 bits per heavy atom. The van der Waals surface area contributed by atoms with Crippen molar-refractivity contribution in [3.05, 3.63) is 0 Å². The van der Waals surface area contributed by atoms with Crippen LogP contribution in [-0.4, -0.2) is 18.9 Å². The van der Waals surface area contributed by atoms with E-state index < -0.39 is 11.6 Å². The van der Waals surface area contributed by atoms with Crippen molar-refractivity contribution in [3.8, 4) is 0 Å². The van der Waals surface area contributed by atoms with Crippen molar-refractivity contribution in [1.82, 2.24) is 0 Å². The Kier molecular flexibility index (Phi) is 5.51. The Morgan fingerprint density at radius 3 is 1.88 bits per heavy atom. The predicted octanol–water partition coefficient (Wildman–Crippen LogP) is 4.81. The molecule has 0 aliphatic heterocycles. The average Bonchev–Trinajstić information content (AvgIpc) is 2.12. The van der Waals surface area contributed by atoms with Crippen LogP contribution in [0, 0.1) is 10.8 Å². The zero-order chi connectivity index (χ0) is 13.9. The van der Waals surface area contributed by atoms with Gasteiger partial charge < -0.3 is 4.74 Å². The molecule has 17 heavy (non-hydrogen) atoms. The van der Waals surface area contributed by atoms with Crippen LogP contribution in [0.1, 0.15) is 54.4 Å². The third kappa shape index (κ3) is 5.75. The molecule has 0 bridgehead atoms. The Bertz CT molecular complexity index is 231. The van der Waals surface area contributed by atoms with Gasteiger partial charge in [0.2, 0.25) is 0 Å². The van der Waals surface area contributed by atoms with E-state index in [1.54, 1.807) is 6.92 Å². The lowest BCUT2D eigenvalue weighted by molar-refractivity contribution is -0.221. The highest BCUT2D eigenvalue weighted by molar-refractivity contribution is 4.80. The van der Waals surface area contributed by atoms with E-state index in [1.165, 1.54) is 13.8 Å². The van der Waals surface area contributed by atoms with Crippen LogP contribution in [0.5, 0.6) is 0 Å². The second kappa shape index (κ2) is 5.59. The van der Waals surface area contributed by atoms with Crippen molar-refractivity contribution in [2.45, 2.75) is 66.7 Å². The molecule has 0 aromatic heterocycles. The van der Waals surface area contributed by atoms with Gasteiger partial charge in [0.1, 0.15) is 0 Å². The minimum atomic E-state index is -4.18. The maximum absolute atomic E-state index is 12.7. The second-order valence-corrected chi connectivity index (χ2v) is 6.23. The summed E-state index contributed by atoms with van der Waals surface area (Å²) in [5, 5.41) is 0. The fourth-order valence-electron chi connectivity index (χ4n) is 1.36. The van der Waals surface area contributed by atoms with Gasteiger partial charge in [-0.3, -0.25) is 0 Å². The van der Waals surface area contributed by atoms with Crippen LogP contribution in [0.15, 0.2) is 0 Å². The molecule has 0 rings (SSSR count). The molecule has 0 aromatic carbocycles. The highest BCUT2D eigenvalue weighted by atomic mass is 19.4. The van der Waals surface area contributed by atoms with Crippen molar-refractivity contribution in [1.29, 1.82) is 0 Å². The Labute approximate surface area is 103 Å². The molecule has 0 N–H and O–H groups in total. The minimum absolute atomic E-state index is 0.00368. The fraction of sp³-hybridized carbons (Fsp3) is 1.00. The van der Waals surface area contributed by atoms with E-state index in [9.17, 15) is 13.2 Å². The number of hydrogen-bond acceptors (Lipinski definition) is 1. The molecule has 0 heterocycles. The van der Waals surface area contributed by atoms with Crippen LogP contribution in [-0.2, 0) is 4.74 Å². The molecule has 0 aliphatic carbocycles. The average molecular weight is 254 g/mol. The van der Waals surface area contributed by atoms with Gasteiger partial charge in [-0.15, -0.1) is 0 Å². The van der Waals surface area contributed by atoms with Crippen LogP contribution >= 0.6 is 0 Å². The van der Waals surface area contributed by atoms with Crippen LogP contribution in [0.25, 0.3) is 0 Å².